The highest BCUT2D eigenvalue weighted by molar-refractivity contribution is 5.70. The maximum absolute atomic E-state index is 11.4. The Morgan fingerprint density at radius 2 is 2.06 bits per heavy atom. The first-order valence-electron chi connectivity index (χ1n) is 5.06. The summed E-state index contributed by atoms with van der Waals surface area (Å²) in [6, 6.07) is 6.44. The summed E-state index contributed by atoms with van der Waals surface area (Å²) in [7, 11) is 1.67. The van der Waals surface area contributed by atoms with Crippen LogP contribution in [-0.2, 0) is 4.74 Å². The van der Waals surface area contributed by atoms with E-state index in [1.807, 2.05) is 0 Å². The predicted molar refractivity (Wildman–Crippen MR) is 57.9 cm³/mol. The largest absolute Gasteiger partial charge is 0.508 e. The molecule has 0 aliphatic carbocycles. The van der Waals surface area contributed by atoms with Crippen LogP contribution in [0.25, 0.3) is 0 Å². The zero-order valence-corrected chi connectivity index (χ0v) is 8.96. The quantitative estimate of drug-likeness (QED) is 0.777. The molecule has 1 aliphatic rings. The van der Waals surface area contributed by atoms with E-state index in [-0.39, 0.29) is 24.0 Å². The van der Waals surface area contributed by atoms with Gasteiger partial charge in [-0.05, 0) is 17.7 Å². The predicted octanol–water partition coefficient (Wildman–Crippen LogP) is 0.843. The molecule has 1 fully saturated rings. The van der Waals surface area contributed by atoms with E-state index in [9.17, 15) is 9.90 Å². The lowest BCUT2D eigenvalue weighted by atomic mass is 10.0. The molecule has 2 atom stereocenters. The summed E-state index contributed by atoms with van der Waals surface area (Å²) in [6.45, 7) is 0.341. The number of rotatable bonds is 2. The van der Waals surface area contributed by atoms with Gasteiger partial charge in [0, 0.05) is 13.6 Å². The maximum Gasteiger partial charge on any atom is 0.410 e. The second-order valence-electron chi connectivity index (χ2n) is 3.81. The minimum Gasteiger partial charge on any atom is -0.508 e. The van der Waals surface area contributed by atoms with E-state index in [1.54, 1.807) is 31.3 Å². The van der Waals surface area contributed by atoms with Crippen LogP contribution in [0, 0.1) is 0 Å². The van der Waals surface area contributed by atoms with E-state index in [0.29, 0.717) is 6.54 Å². The Balaban J connectivity index is 2.27. The molecule has 5 nitrogen and oxygen atoms in total. The summed E-state index contributed by atoms with van der Waals surface area (Å²) in [6.07, 6.45) is -0.725. The monoisotopic (exact) mass is 222 g/mol. The number of cyclic esters (lactones) is 1. The molecular weight excluding hydrogens is 208 g/mol. The average molecular weight is 222 g/mol. The standard InChI is InChI=1S/C11H14N2O3/c1-13-9(6-12)10(16-11(13)15)7-2-4-8(14)5-3-7/h2-5,9-10,14H,6,12H2,1H3. The number of nitrogens with zero attached hydrogens (tertiary/aromatic N) is 1. The zero-order valence-electron chi connectivity index (χ0n) is 8.96. The van der Waals surface area contributed by atoms with Gasteiger partial charge in [0.25, 0.3) is 0 Å². The van der Waals surface area contributed by atoms with Gasteiger partial charge in [-0.3, -0.25) is 0 Å². The minimum absolute atomic E-state index is 0.156. The van der Waals surface area contributed by atoms with Crippen molar-refractivity contribution in [1.29, 1.82) is 0 Å². The highest BCUT2D eigenvalue weighted by atomic mass is 16.6. The second kappa shape index (κ2) is 4.02. The topological polar surface area (TPSA) is 75.8 Å². The molecular formula is C11H14N2O3. The number of phenols is 1. The number of benzene rings is 1. The van der Waals surface area contributed by atoms with Gasteiger partial charge in [-0.2, -0.15) is 0 Å². The molecule has 86 valence electrons. The molecule has 0 bridgehead atoms. The molecule has 0 aromatic heterocycles. The molecule has 0 saturated carbocycles. The Kier molecular flexibility index (Phi) is 2.70. The van der Waals surface area contributed by atoms with Crippen molar-refractivity contribution in [2.45, 2.75) is 12.1 Å². The SMILES string of the molecule is CN1C(=O)OC(c2ccc(O)cc2)C1CN. The third-order valence-electron chi connectivity index (χ3n) is 2.83. The van der Waals surface area contributed by atoms with Crippen molar-refractivity contribution in [3.05, 3.63) is 29.8 Å². The van der Waals surface area contributed by atoms with E-state index in [1.165, 1.54) is 4.90 Å². The average Bonchev–Trinajstić information content (AvgIpc) is 2.56. The van der Waals surface area contributed by atoms with Crippen LogP contribution in [-0.4, -0.2) is 35.7 Å². The van der Waals surface area contributed by atoms with Crippen LogP contribution < -0.4 is 5.73 Å². The first-order chi connectivity index (χ1) is 7.63. The lowest BCUT2D eigenvalue weighted by molar-refractivity contribution is 0.131. The van der Waals surface area contributed by atoms with Crippen molar-refractivity contribution in [2.24, 2.45) is 5.73 Å². The summed E-state index contributed by atoms with van der Waals surface area (Å²) in [5.41, 5.74) is 6.46. The fourth-order valence-electron chi connectivity index (χ4n) is 1.84. The van der Waals surface area contributed by atoms with Gasteiger partial charge in [-0.1, -0.05) is 12.1 Å². The third kappa shape index (κ3) is 1.69. The molecule has 1 aromatic carbocycles. The first-order valence-corrected chi connectivity index (χ1v) is 5.06. The molecule has 1 amide bonds. The molecule has 5 heteroatoms. The molecule has 0 radical (unpaired) electrons. The Morgan fingerprint density at radius 1 is 1.44 bits per heavy atom. The summed E-state index contributed by atoms with van der Waals surface area (Å²) in [5.74, 6) is 0.186. The van der Waals surface area contributed by atoms with Gasteiger partial charge >= 0.3 is 6.09 Å². The highest BCUT2D eigenvalue weighted by Gasteiger charge is 2.39. The van der Waals surface area contributed by atoms with Gasteiger partial charge in [0.2, 0.25) is 0 Å². The van der Waals surface area contributed by atoms with Gasteiger partial charge in [0.1, 0.15) is 5.75 Å². The molecule has 1 aromatic rings. The van der Waals surface area contributed by atoms with E-state index < -0.39 is 0 Å². The van der Waals surface area contributed by atoms with E-state index in [0.717, 1.165) is 5.56 Å². The number of ether oxygens (including phenoxy) is 1. The number of hydrogen-bond acceptors (Lipinski definition) is 4. The van der Waals surface area contributed by atoms with Gasteiger partial charge in [0.05, 0.1) is 6.04 Å². The fourth-order valence-corrected chi connectivity index (χ4v) is 1.84. The number of likely N-dealkylation sites (N-methyl/N-ethyl adjacent to an activating group) is 1. The molecule has 1 heterocycles. The Hall–Kier alpha value is -1.75. The van der Waals surface area contributed by atoms with Crippen LogP contribution >= 0.6 is 0 Å². The number of phenolic OH excluding ortho intramolecular Hbond substituents is 1. The van der Waals surface area contributed by atoms with Crippen LogP contribution in [0.5, 0.6) is 5.75 Å². The van der Waals surface area contributed by atoms with Crippen LogP contribution in [0.2, 0.25) is 0 Å². The summed E-state index contributed by atoms with van der Waals surface area (Å²) < 4.78 is 5.23. The molecule has 1 aliphatic heterocycles. The van der Waals surface area contributed by atoms with Crippen molar-refractivity contribution in [3.8, 4) is 5.75 Å². The van der Waals surface area contributed by atoms with Crippen molar-refractivity contribution >= 4 is 6.09 Å². The summed E-state index contributed by atoms with van der Waals surface area (Å²) in [4.78, 5) is 12.9. The third-order valence-corrected chi connectivity index (χ3v) is 2.83. The first kappa shape index (κ1) is 10.8. The van der Waals surface area contributed by atoms with Gasteiger partial charge < -0.3 is 20.5 Å². The lowest BCUT2D eigenvalue weighted by Crippen LogP contribution is -2.36. The Bertz CT molecular complexity index is 391. The molecule has 2 unspecified atom stereocenters. The van der Waals surface area contributed by atoms with Crippen LogP contribution in [0.3, 0.4) is 0 Å². The van der Waals surface area contributed by atoms with Gasteiger partial charge in [-0.15, -0.1) is 0 Å². The van der Waals surface area contributed by atoms with Crippen molar-refractivity contribution in [2.75, 3.05) is 13.6 Å². The number of aromatic hydroxyl groups is 1. The normalized spacial score (nSPS) is 24.6. The second-order valence-corrected chi connectivity index (χ2v) is 3.81. The number of amides is 1. The summed E-state index contributed by atoms with van der Waals surface area (Å²) in [5, 5.41) is 9.18. The summed E-state index contributed by atoms with van der Waals surface area (Å²) >= 11 is 0. The van der Waals surface area contributed by atoms with Crippen molar-refractivity contribution in [1.82, 2.24) is 4.90 Å². The smallest absolute Gasteiger partial charge is 0.410 e. The Labute approximate surface area is 93.4 Å². The molecule has 0 spiro atoms. The number of nitrogens with two attached hydrogens (primary N) is 1. The van der Waals surface area contributed by atoms with Crippen LogP contribution in [0.15, 0.2) is 24.3 Å². The highest BCUT2D eigenvalue weighted by Crippen LogP contribution is 2.31. The zero-order chi connectivity index (χ0) is 11.7. The van der Waals surface area contributed by atoms with Crippen molar-refractivity contribution in [3.63, 3.8) is 0 Å². The number of hydrogen-bond donors (Lipinski definition) is 2. The van der Waals surface area contributed by atoms with Gasteiger partial charge in [-0.25, -0.2) is 4.79 Å². The van der Waals surface area contributed by atoms with Crippen LogP contribution in [0.1, 0.15) is 11.7 Å². The van der Waals surface area contributed by atoms with Crippen LogP contribution in [0.4, 0.5) is 4.79 Å². The Morgan fingerprint density at radius 3 is 2.62 bits per heavy atom. The van der Waals surface area contributed by atoms with E-state index >= 15 is 0 Å². The molecule has 3 N–H and O–H groups in total. The van der Waals surface area contributed by atoms with Gasteiger partial charge in [0.15, 0.2) is 6.10 Å². The molecule has 2 rings (SSSR count). The van der Waals surface area contributed by atoms with Crippen molar-refractivity contribution < 1.29 is 14.6 Å². The maximum atomic E-state index is 11.4. The number of carbonyl (C=O) groups excluding carboxylic acids is 1. The minimum atomic E-state index is -0.367. The molecule has 16 heavy (non-hydrogen) atoms. The fraction of sp³-hybridized carbons (Fsp3) is 0.364. The molecule has 1 saturated heterocycles. The van der Waals surface area contributed by atoms with E-state index in [4.69, 9.17) is 10.5 Å². The lowest BCUT2D eigenvalue weighted by Gasteiger charge is -2.19. The number of carbonyl (C=O) groups is 1. The van der Waals surface area contributed by atoms with E-state index in [2.05, 4.69) is 0 Å².